The minimum absolute atomic E-state index is 0.146. The predicted octanol–water partition coefficient (Wildman–Crippen LogP) is 1.34. The van der Waals surface area contributed by atoms with Crippen molar-refractivity contribution >= 4 is 17.6 Å². The number of nitro groups is 1. The van der Waals surface area contributed by atoms with E-state index in [1.54, 1.807) is 0 Å². The number of ether oxygens (including phenoxy) is 1. The second kappa shape index (κ2) is 5.78. The summed E-state index contributed by atoms with van der Waals surface area (Å²) in [6.45, 7) is 1.46. The fourth-order valence-corrected chi connectivity index (χ4v) is 1.78. The maximum Gasteiger partial charge on any atom is 0.346 e. The van der Waals surface area contributed by atoms with Gasteiger partial charge in [0.05, 0.1) is 4.92 Å². The molecule has 8 heteroatoms. The third-order valence-electron chi connectivity index (χ3n) is 3.01. The van der Waals surface area contributed by atoms with Crippen LogP contribution in [-0.2, 0) is 4.79 Å². The van der Waals surface area contributed by atoms with Crippen LogP contribution in [0.25, 0.3) is 0 Å². The van der Waals surface area contributed by atoms with Crippen LogP contribution in [-0.4, -0.2) is 34.1 Å². The van der Waals surface area contributed by atoms with Gasteiger partial charge in [-0.3, -0.25) is 14.9 Å². The Bertz CT molecular complexity index is 596. The molecule has 1 amide bonds. The van der Waals surface area contributed by atoms with Crippen molar-refractivity contribution in [2.24, 2.45) is 0 Å². The Morgan fingerprint density at radius 3 is 2.67 bits per heavy atom. The van der Waals surface area contributed by atoms with Gasteiger partial charge < -0.3 is 15.2 Å². The van der Waals surface area contributed by atoms with Crippen molar-refractivity contribution in [3.63, 3.8) is 0 Å². The summed E-state index contributed by atoms with van der Waals surface area (Å²) < 4.78 is 5.29. The Kier molecular flexibility index (Phi) is 4.06. The number of hydrogen-bond acceptors (Lipinski definition) is 5. The molecule has 8 nitrogen and oxygen atoms in total. The van der Waals surface area contributed by atoms with Gasteiger partial charge in [-0.05, 0) is 25.8 Å². The van der Waals surface area contributed by atoms with E-state index in [0.717, 1.165) is 18.9 Å². The summed E-state index contributed by atoms with van der Waals surface area (Å²) in [6.07, 6.45) is 0.886. The average molecular weight is 294 g/mol. The quantitative estimate of drug-likeness (QED) is 0.603. The minimum atomic E-state index is -1.48. The molecule has 1 aromatic carbocycles. The van der Waals surface area contributed by atoms with Gasteiger partial charge in [0.15, 0.2) is 11.7 Å². The molecule has 0 heterocycles. The largest absolute Gasteiger partial charge is 0.480 e. The van der Waals surface area contributed by atoms with Gasteiger partial charge in [-0.15, -0.1) is 0 Å². The standard InChI is InChI=1S/C13H14N2O6/c1-7(12(16)14-8-5-6-8)21-10-4-2-3-9(15(19)20)11(10)13(17)18/h2-4,7-8H,5-6H2,1H3,(H,14,16)(H,17,18). The van der Waals surface area contributed by atoms with Crippen LogP contribution in [0.5, 0.6) is 5.75 Å². The van der Waals surface area contributed by atoms with Crippen LogP contribution in [0.2, 0.25) is 0 Å². The number of carboxylic acids is 1. The maximum absolute atomic E-state index is 11.8. The molecule has 1 fully saturated rings. The van der Waals surface area contributed by atoms with Crippen molar-refractivity contribution in [2.75, 3.05) is 0 Å². The van der Waals surface area contributed by atoms with Crippen LogP contribution in [0.1, 0.15) is 30.1 Å². The molecule has 0 radical (unpaired) electrons. The molecular weight excluding hydrogens is 280 g/mol. The summed E-state index contributed by atoms with van der Waals surface area (Å²) in [5.74, 6) is -2.05. The molecule has 1 unspecified atom stereocenters. The fraction of sp³-hybridized carbons (Fsp3) is 0.385. The van der Waals surface area contributed by atoms with Crippen LogP contribution >= 0.6 is 0 Å². The highest BCUT2D eigenvalue weighted by Gasteiger charge is 2.29. The number of aromatic carboxylic acids is 1. The predicted molar refractivity (Wildman–Crippen MR) is 71.3 cm³/mol. The van der Waals surface area contributed by atoms with E-state index in [0.29, 0.717) is 0 Å². The summed E-state index contributed by atoms with van der Waals surface area (Å²) in [5.41, 5.74) is -1.14. The van der Waals surface area contributed by atoms with E-state index in [-0.39, 0.29) is 17.7 Å². The van der Waals surface area contributed by atoms with Gasteiger partial charge in [0.1, 0.15) is 5.75 Å². The molecule has 112 valence electrons. The van der Waals surface area contributed by atoms with Crippen molar-refractivity contribution in [3.05, 3.63) is 33.9 Å². The first-order chi connectivity index (χ1) is 9.90. The highest BCUT2D eigenvalue weighted by atomic mass is 16.6. The topological polar surface area (TPSA) is 119 Å². The number of hydrogen-bond donors (Lipinski definition) is 2. The molecule has 0 saturated heterocycles. The van der Waals surface area contributed by atoms with E-state index in [1.165, 1.54) is 19.1 Å². The SMILES string of the molecule is CC(Oc1cccc([N+](=O)[O-])c1C(=O)O)C(=O)NC1CC1. The molecular formula is C13H14N2O6. The summed E-state index contributed by atoms with van der Waals surface area (Å²) in [6, 6.07) is 3.82. The zero-order valence-corrected chi connectivity index (χ0v) is 11.2. The zero-order chi connectivity index (χ0) is 15.6. The number of amides is 1. The second-order valence-electron chi connectivity index (χ2n) is 4.76. The van der Waals surface area contributed by atoms with Crippen LogP contribution in [0.15, 0.2) is 18.2 Å². The third-order valence-corrected chi connectivity index (χ3v) is 3.01. The number of benzene rings is 1. The lowest BCUT2D eigenvalue weighted by atomic mass is 10.1. The van der Waals surface area contributed by atoms with Crippen LogP contribution in [0.3, 0.4) is 0 Å². The van der Waals surface area contributed by atoms with Crippen LogP contribution in [0, 0.1) is 10.1 Å². The molecule has 21 heavy (non-hydrogen) atoms. The number of carbonyl (C=O) groups excluding carboxylic acids is 1. The molecule has 1 saturated carbocycles. The van der Waals surface area contributed by atoms with Gasteiger partial charge in [-0.2, -0.15) is 0 Å². The number of carbonyl (C=O) groups is 2. The smallest absolute Gasteiger partial charge is 0.346 e. The van der Waals surface area contributed by atoms with Gasteiger partial charge in [-0.1, -0.05) is 6.07 Å². The lowest BCUT2D eigenvalue weighted by molar-refractivity contribution is -0.385. The first kappa shape index (κ1) is 14.8. The molecule has 1 aliphatic rings. The molecule has 2 N–H and O–H groups in total. The van der Waals surface area contributed by atoms with Gasteiger partial charge in [0.25, 0.3) is 11.6 Å². The van der Waals surface area contributed by atoms with Crippen molar-refractivity contribution in [3.8, 4) is 5.75 Å². The van der Waals surface area contributed by atoms with E-state index in [9.17, 15) is 19.7 Å². The Morgan fingerprint density at radius 2 is 2.14 bits per heavy atom. The molecule has 0 aromatic heterocycles. The first-order valence-electron chi connectivity index (χ1n) is 6.38. The first-order valence-corrected chi connectivity index (χ1v) is 6.38. The summed E-state index contributed by atoms with van der Waals surface area (Å²) in [4.78, 5) is 33.0. The van der Waals surface area contributed by atoms with E-state index in [4.69, 9.17) is 9.84 Å². The molecule has 0 aliphatic heterocycles. The van der Waals surface area contributed by atoms with E-state index < -0.39 is 28.2 Å². The monoisotopic (exact) mass is 294 g/mol. The summed E-state index contributed by atoms with van der Waals surface area (Å²) in [5, 5.41) is 22.7. The van der Waals surface area contributed by atoms with Crippen molar-refractivity contribution in [1.29, 1.82) is 0 Å². The average Bonchev–Trinajstić information content (AvgIpc) is 3.21. The highest BCUT2D eigenvalue weighted by molar-refractivity contribution is 5.95. The molecule has 1 aromatic rings. The molecule has 0 bridgehead atoms. The Balaban J connectivity index is 2.22. The van der Waals surface area contributed by atoms with Gasteiger partial charge >= 0.3 is 5.97 Å². The molecule has 1 aliphatic carbocycles. The fourth-order valence-electron chi connectivity index (χ4n) is 1.78. The van der Waals surface area contributed by atoms with E-state index >= 15 is 0 Å². The lowest BCUT2D eigenvalue weighted by Crippen LogP contribution is -2.37. The molecule has 0 spiro atoms. The Morgan fingerprint density at radius 1 is 1.48 bits per heavy atom. The zero-order valence-electron chi connectivity index (χ0n) is 11.2. The van der Waals surface area contributed by atoms with Gasteiger partial charge in [0, 0.05) is 12.1 Å². The number of nitro benzene ring substituents is 1. The number of carboxylic acid groups (broad SMARTS) is 1. The summed E-state index contributed by atoms with van der Waals surface area (Å²) >= 11 is 0. The lowest BCUT2D eigenvalue weighted by Gasteiger charge is -2.15. The minimum Gasteiger partial charge on any atom is -0.480 e. The van der Waals surface area contributed by atoms with Crippen molar-refractivity contribution in [1.82, 2.24) is 5.32 Å². The van der Waals surface area contributed by atoms with E-state index in [1.807, 2.05) is 0 Å². The molecule has 1 atom stereocenters. The van der Waals surface area contributed by atoms with Crippen LogP contribution in [0.4, 0.5) is 5.69 Å². The highest BCUT2D eigenvalue weighted by Crippen LogP contribution is 2.29. The number of nitrogens with zero attached hydrogens (tertiary/aromatic N) is 1. The van der Waals surface area contributed by atoms with Gasteiger partial charge in [-0.25, -0.2) is 4.79 Å². The van der Waals surface area contributed by atoms with Crippen LogP contribution < -0.4 is 10.1 Å². The van der Waals surface area contributed by atoms with Crippen molar-refractivity contribution < 1.29 is 24.4 Å². The van der Waals surface area contributed by atoms with Crippen molar-refractivity contribution in [2.45, 2.75) is 31.9 Å². The normalized spacial score (nSPS) is 15.1. The Hall–Kier alpha value is -2.64. The number of rotatable bonds is 6. The second-order valence-corrected chi connectivity index (χ2v) is 4.76. The summed E-state index contributed by atoms with van der Waals surface area (Å²) in [7, 11) is 0. The maximum atomic E-state index is 11.8. The van der Waals surface area contributed by atoms with E-state index in [2.05, 4.69) is 5.32 Å². The third kappa shape index (κ3) is 3.47. The molecule has 2 rings (SSSR count). The van der Waals surface area contributed by atoms with Gasteiger partial charge in [0.2, 0.25) is 0 Å². The number of nitrogens with one attached hydrogen (secondary N) is 1. The Labute approximate surface area is 119 Å².